The molecule has 0 fully saturated rings. The first-order valence-electron chi connectivity index (χ1n) is 7.27. The molecule has 0 spiro atoms. The smallest absolute Gasteiger partial charge is 0.146 e. The highest BCUT2D eigenvalue weighted by Gasteiger charge is 2.07. The molecule has 2 aromatic heterocycles. The summed E-state index contributed by atoms with van der Waals surface area (Å²) in [5.74, 6) is 1.54. The van der Waals surface area contributed by atoms with Crippen LogP contribution >= 0.6 is 0 Å². The Morgan fingerprint density at radius 2 is 2.15 bits per heavy atom. The Morgan fingerprint density at radius 3 is 2.90 bits per heavy atom. The molecule has 0 aromatic carbocycles. The number of nitrogens with zero attached hydrogens (tertiary/aromatic N) is 5. The second kappa shape index (κ2) is 7.19. The van der Waals surface area contributed by atoms with Gasteiger partial charge in [-0.05, 0) is 18.9 Å². The number of hydrogen-bond acceptors (Lipinski definition) is 4. The molecule has 20 heavy (non-hydrogen) atoms. The van der Waals surface area contributed by atoms with Crippen molar-refractivity contribution in [2.45, 2.75) is 46.8 Å². The molecule has 110 valence electrons. The van der Waals surface area contributed by atoms with Gasteiger partial charge >= 0.3 is 0 Å². The van der Waals surface area contributed by atoms with Gasteiger partial charge < -0.3 is 9.88 Å². The van der Waals surface area contributed by atoms with Crippen molar-refractivity contribution in [3.63, 3.8) is 0 Å². The molecule has 0 aliphatic carbocycles. The minimum absolute atomic E-state index is 0.562. The molecule has 0 unspecified atom stereocenters. The van der Waals surface area contributed by atoms with Gasteiger partial charge in [-0.15, -0.1) is 0 Å². The summed E-state index contributed by atoms with van der Waals surface area (Å²) in [6, 6.07) is 0. The quantitative estimate of drug-likeness (QED) is 0.745. The predicted octanol–water partition coefficient (Wildman–Crippen LogP) is 1.68. The Kier molecular flexibility index (Phi) is 5.29. The van der Waals surface area contributed by atoms with Crippen LogP contribution in [0.3, 0.4) is 0 Å². The number of imidazole rings is 1. The van der Waals surface area contributed by atoms with Crippen LogP contribution < -0.4 is 5.32 Å². The zero-order valence-corrected chi connectivity index (χ0v) is 12.6. The van der Waals surface area contributed by atoms with E-state index in [0.29, 0.717) is 12.5 Å². The van der Waals surface area contributed by atoms with E-state index >= 15 is 0 Å². The van der Waals surface area contributed by atoms with Gasteiger partial charge in [-0.3, -0.25) is 0 Å². The first-order chi connectivity index (χ1) is 9.69. The van der Waals surface area contributed by atoms with Crippen molar-refractivity contribution in [3.05, 3.63) is 30.4 Å². The number of nitrogens with one attached hydrogen (secondary N) is 1. The van der Waals surface area contributed by atoms with Gasteiger partial charge in [-0.2, -0.15) is 5.10 Å². The maximum Gasteiger partial charge on any atom is 0.146 e. The maximum absolute atomic E-state index is 4.40. The second-order valence-corrected chi connectivity index (χ2v) is 5.47. The third-order valence-corrected chi connectivity index (χ3v) is 2.98. The van der Waals surface area contributed by atoms with Gasteiger partial charge in [0, 0.05) is 19.3 Å². The van der Waals surface area contributed by atoms with E-state index in [2.05, 4.69) is 51.9 Å². The first-order valence-corrected chi connectivity index (χ1v) is 7.27. The van der Waals surface area contributed by atoms with Gasteiger partial charge in [0.15, 0.2) is 0 Å². The Bertz CT molecular complexity index is 513. The fourth-order valence-electron chi connectivity index (χ4n) is 2.05. The average molecular weight is 276 g/mol. The molecule has 0 saturated carbocycles. The van der Waals surface area contributed by atoms with E-state index in [1.165, 1.54) is 0 Å². The maximum atomic E-state index is 4.40. The van der Waals surface area contributed by atoms with Crippen molar-refractivity contribution in [1.29, 1.82) is 0 Å². The van der Waals surface area contributed by atoms with Crippen molar-refractivity contribution in [3.8, 4) is 0 Å². The molecule has 6 nitrogen and oxygen atoms in total. The predicted molar refractivity (Wildman–Crippen MR) is 78.2 cm³/mol. The highest BCUT2D eigenvalue weighted by atomic mass is 15.3. The largest absolute Gasteiger partial charge is 0.330 e. The summed E-state index contributed by atoms with van der Waals surface area (Å²) in [6.45, 7) is 9.98. The molecule has 0 aliphatic heterocycles. The van der Waals surface area contributed by atoms with Crippen molar-refractivity contribution >= 4 is 0 Å². The topological polar surface area (TPSA) is 60.6 Å². The van der Waals surface area contributed by atoms with Gasteiger partial charge in [-0.25, -0.2) is 14.6 Å². The average Bonchev–Trinajstić information content (AvgIpc) is 3.00. The molecular formula is C14H24N6. The van der Waals surface area contributed by atoms with Crippen molar-refractivity contribution in [1.82, 2.24) is 29.6 Å². The third kappa shape index (κ3) is 4.16. The normalized spacial score (nSPS) is 11.4. The third-order valence-electron chi connectivity index (χ3n) is 2.98. The zero-order chi connectivity index (χ0) is 14.4. The lowest BCUT2D eigenvalue weighted by Crippen LogP contribution is -2.14. The number of hydrogen-bond donors (Lipinski definition) is 1. The summed E-state index contributed by atoms with van der Waals surface area (Å²) >= 11 is 0. The van der Waals surface area contributed by atoms with E-state index in [0.717, 1.165) is 37.6 Å². The fourth-order valence-corrected chi connectivity index (χ4v) is 2.05. The van der Waals surface area contributed by atoms with Crippen LogP contribution in [0.1, 0.15) is 38.7 Å². The summed E-state index contributed by atoms with van der Waals surface area (Å²) < 4.78 is 4.03. The molecule has 0 atom stereocenters. The van der Waals surface area contributed by atoms with E-state index in [1.807, 2.05) is 11.0 Å². The van der Waals surface area contributed by atoms with Crippen molar-refractivity contribution in [2.24, 2.45) is 5.92 Å². The molecule has 2 heterocycles. The van der Waals surface area contributed by atoms with E-state index in [1.54, 1.807) is 6.33 Å². The Hall–Kier alpha value is -1.69. The van der Waals surface area contributed by atoms with E-state index in [9.17, 15) is 0 Å². The van der Waals surface area contributed by atoms with E-state index in [4.69, 9.17) is 0 Å². The van der Waals surface area contributed by atoms with E-state index in [-0.39, 0.29) is 0 Å². The van der Waals surface area contributed by atoms with Gasteiger partial charge in [-0.1, -0.05) is 20.8 Å². The monoisotopic (exact) mass is 276 g/mol. The summed E-state index contributed by atoms with van der Waals surface area (Å²) in [5, 5.41) is 7.63. The van der Waals surface area contributed by atoms with Crippen molar-refractivity contribution in [2.75, 3.05) is 6.54 Å². The van der Waals surface area contributed by atoms with Crippen LogP contribution in [-0.2, 0) is 19.6 Å². The van der Waals surface area contributed by atoms with E-state index < -0.39 is 0 Å². The zero-order valence-electron chi connectivity index (χ0n) is 12.6. The van der Waals surface area contributed by atoms with Crippen molar-refractivity contribution < 1.29 is 0 Å². The second-order valence-electron chi connectivity index (χ2n) is 5.47. The lowest BCUT2D eigenvalue weighted by Gasteiger charge is -2.08. The molecule has 0 saturated heterocycles. The van der Waals surface area contributed by atoms with Crippen LogP contribution in [0.4, 0.5) is 0 Å². The lowest BCUT2D eigenvalue weighted by molar-refractivity contribution is 0.461. The Morgan fingerprint density at radius 1 is 1.30 bits per heavy atom. The standard InChI is InChI=1S/C14H24N6/c1-4-5-15-6-13-8-19(11-17-13)9-14-16-10-18-20(14)7-12(2)3/h8,10-12,15H,4-7,9H2,1-3H3. The lowest BCUT2D eigenvalue weighted by atomic mass is 10.2. The molecule has 0 aliphatic rings. The summed E-state index contributed by atoms with van der Waals surface area (Å²) in [6.07, 6.45) is 6.69. The molecule has 0 amide bonds. The molecule has 6 heteroatoms. The van der Waals surface area contributed by atoms with Crippen LogP contribution in [0.25, 0.3) is 0 Å². The molecular weight excluding hydrogens is 252 g/mol. The number of aromatic nitrogens is 5. The van der Waals surface area contributed by atoms with Gasteiger partial charge in [0.2, 0.25) is 0 Å². The molecule has 2 rings (SSSR count). The Labute approximate surface area is 120 Å². The highest BCUT2D eigenvalue weighted by molar-refractivity contribution is 4.98. The van der Waals surface area contributed by atoms with Gasteiger partial charge in [0.1, 0.15) is 12.2 Å². The molecule has 0 radical (unpaired) electrons. The first kappa shape index (κ1) is 14.7. The van der Waals surface area contributed by atoms with Crippen LogP contribution in [-0.4, -0.2) is 30.9 Å². The fraction of sp³-hybridized carbons (Fsp3) is 0.643. The van der Waals surface area contributed by atoms with Crippen LogP contribution in [0.5, 0.6) is 0 Å². The number of rotatable bonds is 8. The minimum atomic E-state index is 0.562. The molecule has 1 N–H and O–H groups in total. The summed E-state index contributed by atoms with van der Waals surface area (Å²) in [7, 11) is 0. The van der Waals surface area contributed by atoms with Gasteiger partial charge in [0.25, 0.3) is 0 Å². The Balaban J connectivity index is 1.94. The molecule has 0 bridgehead atoms. The summed E-state index contributed by atoms with van der Waals surface area (Å²) in [5.41, 5.74) is 1.06. The van der Waals surface area contributed by atoms with Crippen LogP contribution in [0.2, 0.25) is 0 Å². The van der Waals surface area contributed by atoms with Crippen LogP contribution in [0, 0.1) is 5.92 Å². The minimum Gasteiger partial charge on any atom is -0.330 e. The van der Waals surface area contributed by atoms with Gasteiger partial charge in [0.05, 0.1) is 18.6 Å². The molecule has 2 aromatic rings. The highest BCUT2D eigenvalue weighted by Crippen LogP contribution is 2.04. The summed E-state index contributed by atoms with van der Waals surface area (Å²) in [4.78, 5) is 8.74. The SMILES string of the molecule is CCCNCc1cn(Cc2ncnn2CC(C)C)cn1. The van der Waals surface area contributed by atoms with Crippen LogP contribution in [0.15, 0.2) is 18.9 Å².